The van der Waals surface area contributed by atoms with E-state index in [-0.39, 0.29) is 11.6 Å². The second-order valence-electron chi connectivity index (χ2n) is 6.07. The summed E-state index contributed by atoms with van der Waals surface area (Å²) in [5, 5.41) is 3.50. The molecule has 0 saturated carbocycles. The first-order chi connectivity index (χ1) is 8.92. The zero-order chi connectivity index (χ0) is 14.3. The van der Waals surface area contributed by atoms with Gasteiger partial charge in [-0.1, -0.05) is 30.3 Å². The van der Waals surface area contributed by atoms with Gasteiger partial charge < -0.3 is 15.0 Å². The van der Waals surface area contributed by atoms with Crippen LogP contribution in [-0.4, -0.2) is 44.2 Å². The summed E-state index contributed by atoms with van der Waals surface area (Å²) in [4.78, 5) is 2.31. The van der Waals surface area contributed by atoms with Crippen molar-refractivity contribution in [1.82, 2.24) is 10.2 Å². The highest BCUT2D eigenvalue weighted by molar-refractivity contribution is 5.17. The van der Waals surface area contributed by atoms with Crippen LogP contribution in [0.25, 0.3) is 0 Å². The molecule has 108 valence electrons. The summed E-state index contributed by atoms with van der Waals surface area (Å²) >= 11 is 0. The first kappa shape index (κ1) is 16.2. The molecule has 1 rings (SSSR count). The van der Waals surface area contributed by atoms with E-state index >= 15 is 0 Å². The van der Waals surface area contributed by atoms with Crippen LogP contribution in [0.2, 0.25) is 0 Å². The molecule has 0 amide bonds. The van der Waals surface area contributed by atoms with Gasteiger partial charge in [0.15, 0.2) is 0 Å². The SMILES string of the molecule is COC(CN(C)CCNC(C)(C)C)c1ccccc1. The van der Waals surface area contributed by atoms with Gasteiger partial charge in [-0.15, -0.1) is 0 Å². The van der Waals surface area contributed by atoms with E-state index in [0.717, 1.165) is 19.6 Å². The van der Waals surface area contributed by atoms with Crippen molar-refractivity contribution in [2.45, 2.75) is 32.4 Å². The van der Waals surface area contributed by atoms with E-state index in [1.807, 2.05) is 6.07 Å². The zero-order valence-electron chi connectivity index (χ0n) is 12.9. The van der Waals surface area contributed by atoms with E-state index in [0.29, 0.717) is 0 Å². The quantitative estimate of drug-likeness (QED) is 0.819. The van der Waals surface area contributed by atoms with Gasteiger partial charge in [0.25, 0.3) is 0 Å². The van der Waals surface area contributed by atoms with Crippen molar-refractivity contribution in [2.75, 3.05) is 33.8 Å². The number of hydrogen-bond acceptors (Lipinski definition) is 3. The average Bonchev–Trinajstić information content (AvgIpc) is 2.35. The van der Waals surface area contributed by atoms with E-state index in [4.69, 9.17) is 4.74 Å². The first-order valence-corrected chi connectivity index (χ1v) is 6.93. The van der Waals surface area contributed by atoms with Crippen molar-refractivity contribution in [3.63, 3.8) is 0 Å². The standard InChI is InChI=1S/C16H28N2O/c1-16(2,3)17-11-12-18(4)13-15(19-5)14-9-7-6-8-10-14/h6-10,15,17H,11-13H2,1-5H3. The monoisotopic (exact) mass is 264 g/mol. The normalized spacial score (nSPS) is 13.8. The molecule has 1 aromatic rings. The Labute approximate surface area is 118 Å². The Balaban J connectivity index is 2.39. The molecule has 0 saturated heterocycles. The van der Waals surface area contributed by atoms with Gasteiger partial charge in [0.05, 0.1) is 6.10 Å². The molecular formula is C16H28N2O. The molecule has 3 nitrogen and oxygen atoms in total. The maximum absolute atomic E-state index is 5.59. The Morgan fingerprint density at radius 3 is 2.37 bits per heavy atom. The molecule has 19 heavy (non-hydrogen) atoms. The van der Waals surface area contributed by atoms with Crippen LogP contribution in [0.1, 0.15) is 32.4 Å². The minimum absolute atomic E-state index is 0.140. The molecule has 0 spiro atoms. The molecule has 1 unspecified atom stereocenters. The highest BCUT2D eigenvalue weighted by Gasteiger charge is 2.13. The predicted molar refractivity (Wildman–Crippen MR) is 81.4 cm³/mol. The van der Waals surface area contributed by atoms with Crippen LogP contribution in [-0.2, 0) is 4.74 Å². The zero-order valence-corrected chi connectivity index (χ0v) is 12.9. The van der Waals surface area contributed by atoms with Crippen LogP contribution in [0.15, 0.2) is 30.3 Å². The van der Waals surface area contributed by atoms with Gasteiger partial charge in [-0.05, 0) is 33.4 Å². The molecule has 0 aliphatic rings. The summed E-state index contributed by atoms with van der Waals surface area (Å²) < 4.78 is 5.59. The van der Waals surface area contributed by atoms with Crippen LogP contribution in [0, 0.1) is 0 Å². The molecule has 0 bridgehead atoms. The number of hydrogen-bond donors (Lipinski definition) is 1. The molecule has 0 fully saturated rings. The number of nitrogens with zero attached hydrogens (tertiary/aromatic N) is 1. The van der Waals surface area contributed by atoms with Crippen molar-refractivity contribution in [3.8, 4) is 0 Å². The van der Waals surface area contributed by atoms with E-state index in [2.05, 4.69) is 62.3 Å². The van der Waals surface area contributed by atoms with E-state index < -0.39 is 0 Å². The van der Waals surface area contributed by atoms with Gasteiger partial charge in [0.1, 0.15) is 0 Å². The highest BCUT2D eigenvalue weighted by Crippen LogP contribution is 2.16. The van der Waals surface area contributed by atoms with Crippen LogP contribution >= 0.6 is 0 Å². The lowest BCUT2D eigenvalue weighted by molar-refractivity contribution is 0.0714. The number of rotatable bonds is 7. The minimum Gasteiger partial charge on any atom is -0.375 e. The van der Waals surface area contributed by atoms with Gasteiger partial charge in [-0.2, -0.15) is 0 Å². The lowest BCUT2D eigenvalue weighted by Crippen LogP contribution is -2.41. The number of nitrogens with one attached hydrogen (secondary N) is 1. The molecule has 0 aromatic heterocycles. The van der Waals surface area contributed by atoms with Gasteiger partial charge in [-0.25, -0.2) is 0 Å². The van der Waals surface area contributed by atoms with Crippen molar-refractivity contribution in [2.24, 2.45) is 0 Å². The molecule has 3 heteroatoms. The predicted octanol–water partition coefficient (Wildman–Crippen LogP) is 2.69. The smallest absolute Gasteiger partial charge is 0.0947 e. The van der Waals surface area contributed by atoms with Crippen molar-refractivity contribution in [3.05, 3.63) is 35.9 Å². The minimum atomic E-state index is 0.140. The van der Waals surface area contributed by atoms with Crippen LogP contribution in [0.4, 0.5) is 0 Å². The Hall–Kier alpha value is -0.900. The maximum Gasteiger partial charge on any atom is 0.0947 e. The topological polar surface area (TPSA) is 24.5 Å². The highest BCUT2D eigenvalue weighted by atomic mass is 16.5. The van der Waals surface area contributed by atoms with Gasteiger partial charge in [0.2, 0.25) is 0 Å². The van der Waals surface area contributed by atoms with E-state index in [9.17, 15) is 0 Å². The Bertz CT molecular complexity index is 346. The summed E-state index contributed by atoms with van der Waals surface area (Å²) in [5.74, 6) is 0. The second-order valence-corrected chi connectivity index (χ2v) is 6.07. The van der Waals surface area contributed by atoms with Crippen LogP contribution in [0.3, 0.4) is 0 Å². The molecule has 1 aromatic carbocycles. The summed E-state index contributed by atoms with van der Waals surface area (Å²) in [6.45, 7) is 9.49. The summed E-state index contributed by atoms with van der Waals surface area (Å²) in [5.41, 5.74) is 1.42. The van der Waals surface area contributed by atoms with Gasteiger partial charge in [0, 0.05) is 32.3 Å². The maximum atomic E-state index is 5.59. The fourth-order valence-electron chi connectivity index (χ4n) is 1.98. The summed E-state index contributed by atoms with van der Waals surface area (Å²) in [6, 6.07) is 10.4. The third kappa shape index (κ3) is 6.71. The third-order valence-corrected chi connectivity index (χ3v) is 3.08. The fourth-order valence-corrected chi connectivity index (χ4v) is 1.98. The summed E-state index contributed by atoms with van der Waals surface area (Å²) in [6.07, 6.45) is 0.140. The Kier molecular flexibility index (Phi) is 6.49. The molecule has 1 atom stereocenters. The van der Waals surface area contributed by atoms with Crippen LogP contribution in [0.5, 0.6) is 0 Å². The van der Waals surface area contributed by atoms with Gasteiger partial charge >= 0.3 is 0 Å². The lowest BCUT2D eigenvalue weighted by Gasteiger charge is -2.26. The third-order valence-electron chi connectivity index (χ3n) is 3.08. The number of ether oxygens (including phenoxy) is 1. The molecular weight excluding hydrogens is 236 g/mol. The Morgan fingerprint density at radius 1 is 1.21 bits per heavy atom. The molecule has 0 aliphatic carbocycles. The average molecular weight is 264 g/mol. The molecule has 0 radical (unpaired) electrons. The number of likely N-dealkylation sites (N-methyl/N-ethyl adjacent to an activating group) is 1. The lowest BCUT2D eigenvalue weighted by atomic mass is 10.1. The second kappa shape index (κ2) is 7.63. The van der Waals surface area contributed by atoms with Crippen LogP contribution < -0.4 is 5.32 Å². The molecule has 0 heterocycles. The van der Waals surface area contributed by atoms with Gasteiger partial charge in [-0.3, -0.25) is 0 Å². The van der Waals surface area contributed by atoms with E-state index in [1.165, 1.54) is 5.56 Å². The van der Waals surface area contributed by atoms with E-state index in [1.54, 1.807) is 7.11 Å². The van der Waals surface area contributed by atoms with Crippen molar-refractivity contribution >= 4 is 0 Å². The Morgan fingerprint density at radius 2 is 1.84 bits per heavy atom. The molecule has 0 aliphatic heterocycles. The fraction of sp³-hybridized carbons (Fsp3) is 0.625. The molecule has 1 N–H and O–H groups in total. The number of methoxy groups -OCH3 is 1. The largest absolute Gasteiger partial charge is 0.375 e. The number of benzene rings is 1. The summed E-state index contributed by atoms with van der Waals surface area (Å²) in [7, 11) is 3.91. The van der Waals surface area contributed by atoms with Crippen molar-refractivity contribution in [1.29, 1.82) is 0 Å². The first-order valence-electron chi connectivity index (χ1n) is 6.93. The van der Waals surface area contributed by atoms with Crippen molar-refractivity contribution < 1.29 is 4.74 Å².